The third-order valence-electron chi connectivity index (χ3n) is 2.51. The van der Waals surface area contributed by atoms with Crippen LogP contribution in [0.3, 0.4) is 0 Å². The van der Waals surface area contributed by atoms with Gasteiger partial charge in [0.15, 0.2) is 5.76 Å². The first kappa shape index (κ1) is 12.9. The zero-order chi connectivity index (χ0) is 13.8. The van der Waals surface area contributed by atoms with Crippen molar-refractivity contribution in [3.8, 4) is 11.5 Å². The average Bonchev–Trinajstić information content (AvgIpc) is 3.18. The van der Waals surface area contributed by atoms with Crippen molar-refractivity contribution in [2.45, 2.75) is 17.5 Å². The van der Waals surface area contributed by atoms with E-state index >= 15 is 0 Å². The number of aromatic nitrogens is 5. The third-order valence-corrected chi connectivity index (χ3v) is 3.50. The summed E-state index contributed by atoms with van der Waals surface area (Å²) in [5.41, 5.74) is 6.29. The van der Waals surface area contributed by atoms with E-state index in [0.717, 1.165) is 5.69 Å². The van der Waals surface area contributed by atoms with Crippen LogP contribution in [-0.2, 0) is 12.3 Å². The van der Waals surface area contributed by atoms with E-state index in [-0.39, 0.29) is 0 Å². The maximum Gasteiger partial charge on any atom is 0.209 e. The molecule has 0 atom stereocenters. The average molecular weight is 292 g/mol. The summed E-state index contributed by atoms with van der Waals surface area (Å²) in [7, 11) is 0. The predicted molar refractivity (Wildman–Crippen MR) is 70.6 cm³/mol. The molecule has 0 aliphatic carbocycles. The summed E-state index contributed by atoms with van der Waals surface area (Å²) in [6.45, 7) is 1.08. The number of nitrogens with zero attached hydrogens (tertiary/aromatic N) is 5. The third kappa shape index (κ3) is 2.73. The Morgan fingerprint density at radius 3 is 3.10 bits per heavy atom. The van der Waals surface area contributed by atoms with Gasteiger partial charge in [-0.15, -0.1) is 5.10 Å². The number of furan rings is 1. The maximum absolute atomic E-state index is 5.49. The summed E-state index contributed by atoms with van der Waals surface area (Å²) in [5.74, 6) is 1.86. The van der Waals surface area contributed by atoms with Gasteiger partial charge >= 0.3 is 0 Å². The van der Waals surface area contributed by atoms with Gasteiger partial charge in [0.05, 0.1) is 18.5 Å². The Bertz CT molecular complexity index is 662. The van der Waals surface area contributed by atoms with Gasteiger partial charge in [0.25, 0.3) is 0 Å². The summed E-state index contributed by atoms with van der Waals surface area (Å²) in [5, 5.41) is 16.1. The molecule has 0 fully saturated rings. The molecule has 2 N–H and O–H groups in total. The highest BCUT2D eigenvalue weighted by molar-refractivity contribution is 7.98. The van der Waals surface area contributed by atoms with Gasteiger partial charge in [-0.1, -0.05) is 16.9 Å². The molecule has 3 heterocycles. The second-order valence-corrected chi connectivity index (χ2v) is 4.86. The molecule has 0 aliphatic rings. The highest BCUT2D eigenvalue weighted by Gasteiger charge is 2.11. The van der Waals surface area contributed by atoms with Gasteiger partial charge in [0.2, 0.25) is 10.9 Å². The van der Waals surface area contributed by atoms with Crippen molar-refractivity contribution in [1.29, 1.82) is 0 Å². The van der Waals surface area contributed by atoms with Gasteiger partial charge in [0, 0.05) is 18.4 Å². The number of tetrazole rings is 1. The number of hydrogen-bond acceptors (Lipinski definition) is 8. The molecule has 9 heteroatoms. The fourth-order valence-electron chi connectivity index (χ4n) is 1.62. The Balaban J connectivity index is 1.65. The summed E-state index contributed by atoms with van der Waals surface area (Å²) in [6.07, 6.45) is 1.59. The van der Waals surface area contributed by atoms with Crippen LogP contribution in [0, 0.1) is 0 Å². The van der Waals surface area contributed by atoms with Crippen LogP contribution in [0.1, 0.15) is 5.69 Å². The monoisotopic (exact) mass is 292 g/mol. The Labute approximate surface area is 118 Å². The molecule has 3 aromatic rings. The minimum atomic E-state index is 0.491. The standard InChI is InChI=1S/C11H12N6O2S/c12-3-4-17-11(13-15-16-17)20-7-8-6-10(19-14-8)9-2-1-5-18-9/h1-2,5-6H,3-4,7,12H2. The van der Waals surface area contributed by atoms with E-state index in [1.54, 1.807) is 17.0 Å². The molecule has 0 saturated heterocycles. The first-order valence-corrected chi connectivity index (χ1v) is 6.94. The molecule has 0 spiro atoms. The van der Waals surface area contributed by atoms with E-state index in [1.165, 1.54) is 11.8 Å². The smallest absolute Gasteiger partial charge is 0.209 e. The largest absolute Gasteiger partial charge is 0.461 e. The molecule has 0 unspecified atom stereocenters. The van der Waals surface area contributed by atoms with Crippen molar-refractivity contribution >= 4 is 11.8 Å². The first-order valence-electron chi connectivity index (χ1n) is 5.95. The van der Waals surface area contributed by atoms with E-state index in [9.17, 15) is 0 Å². The van der Waals surface area contributed by atoms with Crippen LogP contribution in [0.25, 0.3) is 11.5 Å². The lowest BCUT2D eigenvalue weighted by Crippen LogP contribution is -2.12. The summed E-state index contributed by atoms with van der Waals surface area (Å²) in [4.78, 5) is 0. The summed E-state index contributed by atoms with van der Waals surface area (Å²) >= 11 is 1.48. The van der Waals surface area contributed by atoms with E-state index < -0.39 is 0 Å². The first-order chi connectivity index (χ1) is 9.86. The van der Waals surface area contributed by atoms with Crippen LogP contribution >= 0.6 is 11.8 Å². The van der Waals surface area contributed by atoms with Gasteiger partial charge < -0.3 is 14.7 Å². The van der Waals surface area contributed by atoms with Crippen LogP contribution in [0.4, 0.5) is 0 Å². The molecule has 0 saturated carbocycles. The Morgan fingerprint density at radius 1 is 1.35 bits per heavy atom. The van der Waals surface area contributed by atoms with E-state index in [4.69, 9.17) is 14.7 Å². The van der Waals surface area contributed by atoms with Gasteiger partial charge in [-0.05, 0) is 22.6 Å². The molecular weight excluding hydrogens is 280 g/mol. The van der Waals surface area contributed by atoms with Crippen molar-refractivity contribution in [2.24, 2.45) is 5.73 Å². The molecule has 0 radical (unpaired) electrons. The lowest BCUT2D eigenvalue weighted by Gasteiger charge is -1.99. The highest BCUT2D eigenvalue weighted by Crippen LogP contribution is 2.24. The normalized spacial score (nSPS) is 11.1. The summed E-state index contributed by atoms with van der Waals surface area (Å²) < 4.78 is 12.1. The highest BCUT2D eigenvalue weighted by atomic mass is 32.2. The second kappa shape index (κ2) is 5.88. The molecule has 0 bridgehead atoms. The number of nitrogens with two attached hydrogens (primary N) is 1. The number of rotatable bonds is 6. The number of hydrogen-bond donors (Lipinski definition) is 1. The molecule has 0 aliphatic heterocycles. The number of thioether (sulfide) groups is 1. The predicted octanol–water partition coefficient (Wildman–Crippen LogP) is 1.17. The van der Waals surface area contributed by atoms with E-state index in [1.807, 2.05) is 12.1 Å². The lowest BCUT2D eigenvalue weighted by molar-refractivity contribution is 0.413. The minimum absolute atomic E-state index is 0.491. The van der Waals surface area contributed by atoms with Crippen LogP contribution in [0.15, 0.2) is 38.6 Å². The van der Waals surface area contributed by atoms with Crippen LogP contribution in [-0.4, -0.2) is 31.9 Å². The Morgan fingerprint density at radius 2 is 2.30 bits per heavy atom. The zero-order valence-corrected chi connectivity index (χ0v) is 11.3. The van der Waals surface area contributed by atoms with Gasteiger partial charge in [-0.2, -0.15) is 0 Å². The fraction of sp³-hybridized carbons (Fsp3) is 0.273. The quantitative estimate of drug-likeness (QED) is 0.674. The molecule has 0 amide bonds. The zero-order valence-electron chi connectivity index (χ0n) is 10.5. The van der Waals surface area contributed by atoms with Crippen LogP contribution < -0.4 is 5.73 Å². The van der Waals surface area contributed by atoms with Gasteiger partial charge in [-0.3, -0.25) is 0 Å². The summed E-state index contributed by atoms with van der Waals surface area (Å²) in [6, 6.07) is 5.45. The minimum Gasteiger partial charge on any atom is -0.461 e. The Kier molecular flexibility index (Phi) is 3.79. The van der Waals surface area contributed by atoms with E-state index in [2.05, 4.69) is 20.7 Å². The van der Waals surface area contributed by atoms with Crippen molar-refractivity contribution in [3.63, 3.8) is 0 Å². The lowest BCUT2D eigenvalue weighted by atomic mass is 10.3. The van der Waals surface area contributed by atoms with Crippen molar-refractivity contribution in [2.75, 3.05) is 6.54 Å². The van der Waals surface area contributed by atoms with Gasteiger partial charge in [0.1, 0.15) is 0 Å². The molecule has 3 rings (SSSR count). The second-order valence-electron chi connectivity index (χ2n) is 3.92. The van der Waals surface area contributed by atoms with Gasteiger partial charge in [-0.25, -0.2) is 4.68 Å². The Hall–Kier alpha value is -2.13. The topological polar surface area (TPSA) is 109 Å². The van der Waals surface area contributed by atoms with Crippen LogP contribution in [0.5, 0.6) is 0 Å². The van der Waals surface area contributed by atoms with Crippen LogP contribution in [0.2, 0.25) is 0 Å². The molecule has 20 heavy (non-hydrogen) atoms. The van der Waals surface area contributed by atoms with E-state index in [0.29, 0.717) is 35.5 Å². The van der Waals surface area contributed by atoms with Crippen molar-refractivity contribution < 1.29 is 8.94 Å². The molecule has 8 nitrogen and oxygen atoms in total. The molecule has 3 aromatic heterocycles. The van der Waals surface area contributed by atoms with Crippen molar-refractivity contribution in [1.82, 2.24) is 25.4 Å². The fourth-order valence-corrected chi connectivity index (χ4v) is 2.40. The molecule has 104 valence electrons. The van der Waals surface area contributed by atoms with Crippen molar-refractivity contribution in [3.05, 3.63) is 30.2 Å². The molecule has 0 aromatic carbocycles. The maximum atomic E-state index is 5.49. The SMILES string of the molecule is NCCn1nnnc1SCc1cc(-c2ccco2)on1. The molecular formula is C11H12N6O2S.